The van der Waals surface area contributed by atoms with Crippen LogP contribution in [0.2, 0.25) is 0 Å². The van der Waals surface area contributed by atoms with Crippen molar-refractivity contribution < 1.29 is 13.7 Å². The van der Waals surface area contributed by atoms with Crippen molar-refractivity contribution >= 4 is 38.8 Å². The highest BCUT2D eigenvalue weighted by atomic mass is 32.2. The van der Waals surface area contributed by atoms with Gasteiger partial charge in [0.25, 0.3) is 5.91 Å². The summed E-state index contributed by atoms with van der Waals surface area (Å²) < 4.78 is 17.6. The third kappa shape index (κ3) is 6.61. The molecule has 8 heteroatoms. The van der Waals surface area contributed by atoms with Crippen LogP contribution in [0.25, 0.3) is 21.2 Å². The molecule has 3 heterocycles. The van der Waals surface area contributed by atoms with Crippen LogP contribution in [0, 0.1) is 5.92 Å². The molecule has 3 aromatic rings. The zero-order valence-electron chi connectivity index (χ0n) is 24.5. The topological polar surface area (TPSA) is 71.5 Å². The number of fused-ring (bicyclic) bond motifs is 1. The molecular weight excluding hydrogens is 551 g/mol. The summed E-state index contributed by atoms with van der Waals surface area (Å²) in [5.74, 6) is 1.88. The molecule has 0 bridgehead atoms. The second-order valence-corrected chi connectivity index (χ2v) is 15.4. The molecule has 2 aromatic carbocycles. The van der Waals surface area contributed by atoms with Crippen molar-refractivity contribution in [2.24, 2.45) is 5.92 Å². The minimum atomic E-state index is -0.745. The number of ether oxygens (including phenoxy) is 1. The van der Waals surface area contributed by atoms with Gasteiger partial charge in [0, 0.05) is 52.5 Å². The van der Waals surface area contributed by atoms with Crippen molar-refractivity contribution in [1.29, 1.82) is 0 Å². The van der Waals surface area contributed by atoms with Crippen LogP contribution < -0.4 is 5.32 Å². The Hall–Kier alpha value is -2.13. The number of thiazole rings is 1. The van der Waals surface area contributed by atoms with Gasteiger partial charge in [0.15, 0.2) is 5.01 Å². The van der Waals surface area contributed by atoms with Crippen LogP contribution in [0.3, 0.4) is 0 Å². The lowest BCUT2D eigenvalue weighted by Crippen LogP contribution is -2.52. The predicted molar refractivity (Wildman–Crippen MR) is 169 cm³/mol. The first-order valence-electron chi connectivity index (χ1n) is 15.4. The van der Waals surface area contributed by atoms with Crippen molar-refractivity contribution in [1.82, 2.24) is 15.2 Å². The van der Waals surface area contributed by atoms with Gasteiger partial charge in [0.1, 0.15) is 0 Å². The van der Waals surface area contributed by atoms with Gasteiger partial charge in [-0.2, -0.15) is 0 Å². The Labute approximate surface area is 250 Å². The van der Waals surface area contributed by atoms with E-state index >= 15 is 0 Å². The number of nitrogens with one attached hydrogen (secondary N) is 1. The van der Waals surface area contributed by atoms with Gasteiger partial charge in [-0.25, -0.2) is 4.98 Å². The Morgan fingerprint density at radius 1 is 1.07 bits per heavy atom. The lowest BCUT2D eigenvalue weighted by Gasteiger charge is -2.42. The van der Waals surface area contributed by atoms with Crippen LogP contribution >= 0.6 is 11.3 Å². The predicted octanol–water partition coefficient (Wildman–Crippen LogP) is 6.34. The highest BCUT2D eigenvalue weighted by molar-refractivity contribution is 7.85. The fraction of sp³-hybridized carbons (Fsp3) is 0.576. The monoisotopic (exact) mass is 593 g/mol. The van der Waals surface area contributed by atoms with Crippen molar-refractivity contribution in [2.45, 2.75) is 83.3 Å². The number of amides is 1. The van der Waals surface area contributed by atoms with E-state index in [9.17, 15) is 9.00 Å². The van der Waals surface area contributed by atoms with Gasteiger partial charge in [0.05, 0.1) is 23.8 Å². The number of rotatable bonds is 7. The Balaban J connectivity index is 1.34. The molecular formula is C33H43N3O3S2. The zero-order valence-corrected chi connectivity index (χ0v) is 26.1. The van der Waals surface area contributed by atoms with Crippen LogP contribution in [0.1, 0.15) is 79.9 Å². The summed E-state index contributed by atoms with van der Waals surface area (Å²) >= 11 is 1.54. The maximum Gasteiger partial charge on any atom is 0.280 e. The van der Waals surface area contributed by atoms with E-state index in [1.807, 2.05) is 0 Å². The number of hydrogen-bond acceptors (Lipinski definition) is 6. The molecule has 2 aliphatic heterocycles. The van der Waals surface area contributed by atoms with E-state index in [1.165, 1.54) is 54.0 Å². The lowest BCUT2D eigenvalue weighted by atomic mass is 9.85. The van der Waals surface area contributed by atoms with Gasteiger partial charge in [-0.3, -0.25) is 13.9 Å². The van der Waals surface area contributed by atoms with E-state index in [2.05, 4.69) is 60.5 Å². The highest BCUT2D eigenvalue weighted by Crippen LogP contribution is 2.40. The molecule has 6 rings (SSSR count). The van der Waals surface area contributed by atoms with Gasteiger partial charge in [-0.1, -0.05) is 68.5 Å². The molecule has 0 spiro atoms. The minimum Gasteiger partial charge on any atom is -0.378 e. The SMILES string of the molecule is CC1(C)COCCN1Cc1ccc(-c2sc(C(=O)NC3CCS(=O)CC3)nc2CC2CCCCC2)c2ccccc12. The van der Waals surface area contributed by atoms with E-state index in [4.69, 9.17) is 9.72 Å². The molecule has 220 valence electrons. The Bertz CT molecular complexity index is 1400. The minimum absolute atomic E-state index is 0.00149. The van der Waals surface area contributed by atoms with Crippen LogP contribution in [0.5, 0.6) is 0 Å². The number of benzene rings is 2. The molecule has 1 N–H and O–H groups in total. The molecule has 0 radical (unpaired) electrons. The number of aromatic nitrogens is 1. The van der Waals surface area contributed by atoms with Gasteiger partial charge >= 0.3 is 0 Å². The Kier molecular flexibility index (Phi) is 8.92. The average Bonchev–Trinajstić information content (AvgIpc) is 3.39. The molecule has 6 nitrogen and oxygen atoms in total. The zero-order chi connectivity index (χ0) is 28.4. The molecule has 1 aliphatic carbocycles. The van der Waals surface area contributed by atoms with Crippen molar-refractivity contribution in [2.75, 3.05) is 31.3 Å². The fourth-order valence-corrected chi connectivity index (χ4v) is 9.07. The number of nitrogens with zero attached hydrogens (tertiary/aromatic N) is 2. The van der Waals surface area contributed by atoms with E-state index in [1.54, 1.807) is 11.3 Å². The first kappa shape index (κ1) is 29.0. The average molecular weight is 594 g/mol. The lowest BCUT2D eigenvalue weighted by molar-refractivity contribution is -0.0551. The fourth-order valence-electron chi connectivity index (χ4n) is 6.73. The molecule has 0 unspecified atom stereocenters. The number of carbonyl (C=O) groups excluding carboxylic acids is 1. The summed E-state index contributed by atoms with van der Waals surface area (Å²) in [6, 6.07) is 13.4. The van der Waals surface area contributed by atoms with Crippen LogP contribution in [0.15, 0.2) is 36.4 Å². The standard InChI is InChI=1S/C33H43N3O3S2/c1-33(2)22-39-17-16-36(33)21-24-12-13-28(27-11-7-6-10-26(24)27)30-29(20-23-8-4-3-5-9-23)35-32(40-30)31(37)34-25-14-18-41(38)19-15-25/h6-7,10-13,23,25H,3-5,8-9,14-22H2,1-2H3,(H,34,37). The molecule has 41 heavy (non-hydrogen) atoms. The Morgan fingerprint density at radius 3 is 2.59 bits per heavy atom. The maximum atomic E-state index is 13.4. The molecule has 2 saturated heterocycles. The smallest absolute Gasteiger partial charge is 0.280 e. The van der Waals surface area contributed by atoms with Gasteiger partial charge in [0.2, 0.25) is 0 Å². The van der Waals surface area contributed by atoms with Gasteiger partial charge in [-0.05, 0) is 55.4 Å². The van der Waals surface area contributed by atoms with E-state index in [0.29, 0.717) is 22.4 Å². The second kappa shape index (κ2) is 12.6. The third-order valence-electron chi connectivity index (χ3n) is 9.26. The first-order valence-corrected chi connectivity index (χ1v) is 17.7. The normalized spacial score (nSPS) is 24.0. The summed E-state index contributed by atoms with van der Waals surface area (Å²) in [6.07, 6.45) is 8.87. The van der Waals surface area contributed by atoms with Crippen LogP contribution in [-0.2, 0) is 28.5 Å². The van der Waals surface area contributed by atoms with Gasteiger partial charge < -0.3 is 10.1 Å². The summed E-state index contributed by atoms with van der Waals surface area (Å²) in [5.41, 5.74) is 3.58. The quantitative estimate of drug-likeness (QED) is 0.346. The number of morpholine rings is 1. The van der Waals surface area contributed by atoms with E-state index < -0.39 is 10.8 Å². The highest BCUT2D eigenvalue weighted by Gasteiger charge is 2.31. The summed E-state index contributed by atoms with van der Waals surface area (Å²) in [4.78, 5) is 22.1. The van der Waals surface area contributed by atoms with Crippen molar-refractivity contribution in [3.05, 3.63) is 52.7 Å². The summed E-state index contributed by atoms with van der Waals surface area (Å²) in [7, 11) is -0.745. The molecule has 1 aromatic heterocycles. The number of carbonyl (C=O) groups is 1. The third-order valence-corrected chi connectivity index (χ3v) is 11.8. The molecule has 3 fully saturated rings. The summed E-state index contributed by atoms with van der Waals surface area (Å²) in [5, 5.41) is 6.26. The van der Waals surface area contributed by atoms with E-state index in [0.717, 1.165) is 56.1 Å². The molecule has 3 aliphatic rings. The largest absolute Gasteiger partial charge is 0.378 e. The Morgan fingerprint density at radius 2 is 1.83 bits per heavy atom. The number of hydrogen-bond donors (Lipinski definition) is 1. The maximum absolute atomic E-state index is 13.4. The molecule has 1 saturated carbocycles. The second-order valence-electron chi connectivity index (χ2n) is 12.7. The van der Waals surface area contributed by atoms with Crippen molar-refractivity contribution in [3.8, 4) is 10.4 Å². The van der Waals surface area contributed by atoms with Crippen molar-refractivity contribution in [3.63, 3.8) is 0 Å². The summed E-state index contributed by atoms with van der Waals surface area (Å²) in [6.45, 7) is 7.85. The van der Waals surface area contributed by atoms with Crippen LogP contribution in [0.4, 0.5) is 0 Å². The van der Waals surface area contributed by atoms with Gasteiger partial charge in [-0.15, -0.1) is 11.3 Å². The first-order chi connectivity index (χ1) is 19.9. The van der Waals surface area contributed by atoms with E-state index in [-0.39, 0.29) is 17.5 Å². The molecule has 1 amide bonds. The van der Waals surface area contributed by atoms with Crippen LogP contribution in [-0.4, -0.2) is 62.8 Å². The molecule has 0 atom stereocenters.